The Balaban J connectivity index is 2.94. The first-order chi connectivity index (χ1) is 8.43. The number of hydrogen-bond donors (Lipinski definition) is 1. The van der Waals surface area contributed by atoms with Gasteiger partial charge in [-0.3, -0.25) is 4.79 Å². The molecule has 0 saturated carbocycles. The molecule has 0 fully saturated rings. The molecular weight excluding hydrogens is 234 g/mol. The summed E-state index contributed by atoms with van der Waals surface area (Å²) in [6, 6.07) is 4.81. The summed E-state index contributed by atoms with van der Waals surface area (Å²) in [4.78, 5) is 22.9. The number of carbonyl (C=O) groups excluding carboxylic acids is 2. The first-order valence-corrected chi connectivity index (χ1v) is 5.60. The van der Waals surface area contributed by atoms with E-state index in [0.29, 0.717) is 11.3 Å². The highest BCUT2D eigenvalue weighted by molar-refractivity contribution is 5.95. The summed E-state index contributed by atoms with van der Waals surface area (Å²) >= 11 is 0. The van der Waals surface area contributed by atoms with E-state index >= 15 is 0 Å². The van der Waals surface area contributed by atoms with Crippen LogP contribution >= 0.6 is 0 Å². The maximum Gasteiger partial charge on any atom is 0.340 e. The van der Waals surface area contributed by atoms with Gasteiger partial charge < -0.3 is 15.2 Å². The second-order valence-electron chi connectivity index (χ2n) is 4.13. The van der Waals surface area contributed by atoms with Crippen molar-refractivity contribution in [2.75, 3.05) is 12.8 Å². The second kappa shape index (κ2) is 6.05. The molecule has 2 N–H and O–H groups in total. The minimum atomic E-state index is -0.491. The van der Waals surface area contributed by atoms with Crippen LogP contribution in [-0.4, -0.2) is 25.2 Å². The molecule has 0 aliphatic heterocycles. The first-order valence-electron chi connectivity index (χ1n) is 5.60. The van der Waals surface area contributed by atoms with Gasteiger partial charge in [0.25, 0.3) is 0 Å². The molecule has 0 aliphatic rings. The van der Waals surface area contributed by atoms with Crippen LogP contribution in [0.2, 0.25) is 0 Å². The van der Waals surface area contributed by atoms with Crippen molar-refractivity contribution in [2.24, 2.45) is 0 Å². The Kier molecular flexibility index (Phi) is 4.71. The van der Waals surface area contributed by atoms with Gasteiger partial charge in [0.2, 0.25) is 0 Å². The molecule has 0 saturated heterocycles. The SMILES string of the molecule is COC(=O)Cc1ccc(N)c(C(=O)OC(C)C)c1. The van der Waals surface area contributed by atoms with E-state index in [9.17, 15) is 9.59 Å². The molecule has 1 rings (SSSR count). The van der Waals surface area contributed by atoms with Gasteiger partial charge in [-0.1, -0.05) is 6.07 Å². The molecule has 0 radical (unpaired) electrons. The van der Waals surface area contributed by atoms with Gasteiger partial charge in [-0.15, -0.1) is 0 Å². The summed E-state index contributed by atoms with van der Waals surface area (Å²) in [7, 11) is 1.31. The second-order valence-corrected chi connectivity index (χ2v) is 4.13. The third-order valence-corrected chi connectivity index (χ3v) is 2.26. The lowest BCUT2D eigenvalue weighted by Gasteiger charge is -2.10. The molecule has 0 aliphatic carbocycles. The van der Waals surface area contributed by atoms with Crippen molar-refractivity contribution in [3.05, 3.63) is 29.3 Å². The lowest BCUT2D eigenvalue weighted by molar-refractivity contribution is -0.139. The van der Waals surface area contributed by atoms with Gasteiger partial charge in [0.15, 0.2) is 0 Å². The van der Waals surface area contributed by atoms with Crippen LogP contribution in [0.25, 0.3) is 0 Å². The average molecular weight is 251 g/mol. The minimum absolute atomic E-state index is 0.0960. The van der Waals surface area contributed by atoms with Crippen molar-refractivity contribution < 1.29 is 19.1 Å². The van der Waals surface area contributed by atoms with Crippen LogP contribution in [0.4, 0.5) is 5.69 Å². The Morgan fingerprint density at radius 1 is 1.33 bits per heavy atom. The Bertz CT molecular complexity index is 454. The summed E-state index contributed by atoms with van der Waals surface area (Å²) < 4.78 is 9.63. The van der Waals surface area contributed by atoms with Crippen LogP contribution in [0.3, 0.4) is 0 Å². The number of carbonyl (C=O) groups is 2. The lowest BCUT2D eigenvalue weighted by atomic mass is 10.1. The highest BCUT2D eigenvalue weighted by Gasteiger charge is 2.14. The Labute approximate surface area is 106 Å². The highest BCUT2D eigenvalue weighted by Crippen LogP contribution is 2.17. The molecule has 0 bridgehead atoms. The van der Waals surface area contributed by atoms with E-state index in [4.69, 9.17) is 10.5 Å². The smallest absolute Gasteiger partial charge is 0.340 e. The van der Waals surface area contributed by atoms with Crippen molar-refractivity contribution in [3.63, 3.8) is 0 Å². The van der Waals surface area contributed by atoms with Crippen LogP contribution in [-0.2, 0) is 20.7 Å². The van der Waals surface area contributed by atoms with E-state index in [1.807, 2.05) is 0 Å². The van der Waals surface area contributed by atoms with E-state index in [-0.39, 0.29) is 24.1 Å². The number of nitrogens with two attached hydrogens (primary N) is 1. The van der Waals surface area contributed by atoms with E-state index in [1.54, 1.807) is 32.0 Å². The molecule has 98 valence electrons. The van der Waals surface area contributed by atoms with Crippen LogP contribution in [0.15, 0.2) is 18.2 Å². The van der Waals surface area contributed by atoms with Crippen LogP contribution in [0.1, 0.15) is 29.8 Å². The maximum atomic E-state index is 11.8. The van der Waals surface area contributed by atoms with Crippen LogP contribution in [0.5, 0.6) is 0 Å². The van der Waals surface area contributed by atoms with Gasteiger partial charge >= 0.3 is 11.9 Å². The molecule has 1 aromatic carbocycles. The molecule has 0 heterocycles. The maximum absolute atomic E-state index is 11.8. The molecule has 1 aromatic rings. The number of hydrogen-bond acceptors (Lipinski definition) is 5. The van der Waals surface area contributed by atoms with E-state index in [0.717, 1.165) is 0 Å². The zero-order valence-corrected chi connectivity index (χ0v) is 10.7. The average Bonchev–Trinajstić information content (AvgIpc) is 2.30. The molecule has 5 heteroatoms. The summed E-state index contributed by atoms with van der Waals surface area (Å²) in [6.45, 7) is 3.51. The van der Waals surface area contributed by atoms with Crippen LogP contribution in [0, 0.1) is 0 Å². The normalized spacial score (nSPS) is 10.2. The van der Waals surface area contributed by atoms with Gasteiger partial charge in [0.05, 0.1) is 25.2 Å². The predicted octanol–water partition coefficient (Wildman–Crippen LogP) is 1.55. The molecule has 0 unspecified atom stereocenters. The third kappa shape index (κ3) is 3.76. The van der Waals surface area contributed by atoms with E-state index in [1.165, 1.54) is 7.11 Å². The molecule has 0 aromatic heterocycles. The van der Waals surface area contributed by atoms with Gasteiger partial charge in [0, 0.05) is 5.69 Å². The number of nitrogen functional groups attached to an aromatic ring is 1. The quantitative estimate of drug-likeness (QED) is 0.648. The Morgan fingerprint density at radius 3 is 2.56 bits per heavy atom. The van der Waals surface area contributed by atoms with Gasteiger partial charge in [-0.05, 0) is 31.5 Å². The van der Waals surface area contributed by atoms with Gasteiger partial charge in [-0.25, -0.2) is 4.79 Å². The number of anilines is 1. The fraction of sp³-hybridized carbons (Fsp3) is 0.385. The molecule has 18 heavy (non-hydrogen) atoms. The monoisotopic (exact) mass is 251 g/mol. The van der Waals surface area contributed by atoms with E-state index < -0.39 is 5.97 Å². The van der Waals surface area contributed by atoms with Crippen molar-refractivity contribution in [1.29, 1.82) is 0 Å². The summed E-state index contributed by atoms with van der Waals surface area (Å²) in [5, 5.41) is 0. The zero-order chi connectivity index (χ0) is 13.7. The van der Waals surface area contributed by atoms with E-state index in [2.05, 4.69) is 4.74 Å². The predicted molar refractivity (Wildman–Crippen MR) is 67.1 cm³/mol. The Morgan fingerprint density at radius 2 is 2.00 bits per heavy atom. The highest BCUT2D eigenvalue weighted by atomic mass is 16.5. The minimum Gasteiger partial charge on any atom is -0.469 e. The summed E-state index contributed by atoms with van der Waals surface area (Å²) in [6.07, 6.45) is -0.125. The topological polar surface area (TPSA) is 78.6 Å². The van der Waals surface area contributed by atoms with Gasteiger partial charge in [-0.2, -0.15) is 0 Å². The largest absolute Gasteiger partial charge is 0.469 e. The molecule has 0 atom stereocenters. The number of benzene rings is 1. The molecule has 5 nitrogen and oxygen atoms in total. The van der Waals surface area contributed by atoms with Gasteiger partial charge in [0.1, 0.15) is 0 Å². The molecular formula is C13H17NO4. The lowest BCUT2D eigenvalue weighted by Crippen LogP contribution is -2.14. The van der Waals surface area contributed by atoms with Crippen molar-refractivity contribution in [2.45, 2.75) is 26.4 Å². The molecule has 0 spiro atoms. The van der Waals surface area contributed by atoms with Crippen molar-refractivity contribution >= 4 is 17.6 Å². The third-order valence-electron chi connectivity index (χ3n) is 2.26. The zero-order valence-electron chi connectivity index (χ0n) is 10.7. The summed E-state index contributed by atoms with van der Waals surface area (Å²) in [5.41, 5.74) is 6.97. The fourth-order valence-corrected chi connectivity index (χ4v) is 1.41. The standard InChI is InChI=1S/C13H17NO4/c1-8(2)18-13(16)10-6-9(4-5-11(10)14)7-12(15)17-3/h4-6,8H,7,14H2,1-3H3. The number of esters is 2. The van der Waals surface area contributed by atoms with Crippen LogP contribution < -0.4 is 5.73 Å². The molecule has 0 amide bonds. The fourth-order valence-electron chi connectivity index (χ4n) is 1.41. The number of rotatable bonds is 4. The number of ether oxygens (including phenoxy) is 2. The number of methoxy groups -OCH3 is 1. The van der Waals surface area contributed by atoms with Crippen molar-refractivity contribution in [1.82, 2.24) is 0 Å². The summed E-state index contributed by atoms with van der Waals surface area (Å²) in [5.74, 6) is -0.864. The first kappa shape index (κ1) is 14.0. The Hall–Kier alpha value is -2.04. The van der Waals surface area contributed by atoms with Crippen molar-refractivity contribution in [3.8, 4) is 0 Å².